The third-order valence-electron chi connectivity index (χ3n) is 5.10. The lowest BCUT2D eigenvalue weighted by molar-refractivity contribution is -0.157. The second-order valence-electron chi connectivity index (χ2n) is 8.59. The first-order chi connectivity index (χ1) is 13.2. The predicted molar refractivity (Wildman–Crippen MR) is 109 cm³/mol. The molecule has 1 aliphatic rings. The van der Waals surface area contributed by atoms with Crippen molar-refractivity contribution < 1.29 is 19.4 Å². The van der Waals surface area contributed by atoms with Gasteiger partial charge in [-0.3, -0.25) is 4.79 Å². The van der Waals surface area contributed by atoms with Gasteiger partial charge in [0.15, 0.2) is 0 Å². The molecule has 0 heterocycles. The number of fused-ring (bicyclic) bond motifs is 1. The lowest BCUT2D eigenvalue weighted by Gasteiger charge is -2.32. The number of carbonyl (C=O) groups excluding carboxylic acids is 1. The number of aliphatic hydroxyl groups is 1. The average Bonchev–Trinajstić information content (AvgIpc) is 2.62. The number of ether oxygens (including phenoxy) is 2. The van der Waals surface area contributed by atoms with Crippen LogP contribution in [0.5, 0.6) is 5.75 Å². The zero-order valence-corrected chi connectivity index (χ0v) is 17.2. The second kappa shape index (κ2) is 8.36. The van der Waals surface area contributed by atoms with Gasteiger partial charge in [-0.05, 0) is 63.1 Å². The summed E-state index contributed by atoms with van der Waals surface area (Å²) in [6.45, 7) is 8.10. The third kappa shape index (κ3) is 4.93. The molecule has 0 unspecified atom stereocenters. The molecule has 150 valence electrons. The van der Waals surface area contributed by atoms with Gasteiger partial charge in [0.05, 0.1) is 12.5 Å². The molecule has 0 bridgehead atoms. The number of rotatable bonds is 5. The molecule has 0 radical (unpaired) electrons. The molecular weight excluding hydrogens is 352 g/mol. The Bertz CT molecular complexity index is 820. The highest BCUT2D eigenvalue weighted by atomic mass is 16.6. The van der Waals surface area contributed by atoms with E-state index in [9.17, 15) is 9.90 Å². The molecule has 28 heavy (non-hydrogen) atoms. The summed E-state index contributed by atoms with van der Waals surface area (Å²) >= 11 is 0. The van der Waals surface area contributed by atoms with E-state index in [0.717, 1.165) is 40.8 Å². The van der Waals surface area contributed by atoms with Crippen molar-refractivity contribution in [2.24, 2.45) is 5.92 Å². The van der Waals surface area contributed by atoms with E-state index in [1.165, 1.54) is 0 Å². The lowest BCUT2D eigenvalue weighted by atomic mass is 9.79. The van der Waals surface area contributed by atoms with Crippen LogP contribution >= 0.6 is 0 Å². The van der Waals surface area contributed by atoms with Gasteiger partial charge in [-0.1, -0.05) is 42.5 Å². The summed E-state index contributed by atoms with van der Waals surface area (Å²) in [5.41, 5.74) is 3.59. The molecule has 0 spiro atoms. The molecule has 4 heteroatoms. The highest BCUT2D eigenvalue weighted by Gasteiger charge is 2.33. The molecule has 0 saturated carbocycles. The summed E-state index contributed by atoms with van der Waals surface area (Å²) in [5, 5.41) is 10.9. The van der Waals surface area contributed by atoms with Crippen molar-refractivity contribution in [2.75, 3.05) is 0 Å². The van der Waals surface area contributed by atoms with Gasteiger partial charge in [-0.15, -0.1) is 0 Å². The van der Waals surface area contributed by atoms with Crippen LogP contribution in [0.1, 0.15) is 62.0 Å². The third-order valence-corrected chi connectivity index (χ3v) is 5.10. The van der Waals surface area contributed by atoms with Crippen LogP contribution in [0.2, 0.25) is 0 Å². The van der Waals surface area contributed by atoms with Gasteiger partial charge in [0.25, 0.3) is 0 Å². The largest absolute Gasteiger partial charge is 0.488 e. The Hall–Kier alpha value is -2.33. The van der Waals surface area contributed by atoms with Crippen LogP contribution in [-0.2, 0) is 22.6 Å². The summed E-state index contributed by atoms with van der Waals surface area (Å²) < 4.78 is 11.6. The van der Waals surface area contributed by atoms with Gasteiger partial charge in [-0.25, -0.2) is 0 Å². The average molecular weight is 383 g/mol. The maximum absolute atomic E-state index is 12.2. The van der Waals surface area contributed by atoms with Crippen molar-refractivity contribution in [3.63, 3.8) is 0 Å². The first-order valence-electron chi connectivity index (χ1n) is 9.93. The number of aliphatic hydroxyl groups excluding tert-OH is 1. The van der Waals surface area contributed by atoms with Gasteiger partial charge in [0.2, 0.25) is 0 Å². The van der Waals surface area contributed by atoms with E-state index in [1.54, 1.807) is 0 Å². The van der Waals surface area contributed by atoms with Gasteiger partial charge in [0.1, 0.15) is 18.0 Å². The number of esters is 1. The number of aryl methyl sites for hydroxylation is 1. The molecule has 2 atom stereocenters. The fourth-order valence-corrected chi connectivity index (χ4v) is 3.78. The Kier molecular flexibility index (Phi) is 6.09. The number of benzene rings is 2. The zero-order chi connectivity index (χ0) is 20.3. The minimum Gasteiger partial charge on any atom is -0.488 e. The van der Waals surface area contributed by atoms with Crippen LogP contribution < -0.4 is 4.74 Å². The first-order valence-corrected chi connectivity index (χ1v) is 9.93. The number of hydrogen-bond acceptors (Lipinski definition) is 4. The van der Waals surface area contributed by atoms with E-state index in [0.29, 0.717) is 6.61 Å². The summed E-state index contributed by atoms with van der Waals surface area (Å²) in [4.78, 5) is 12.2. The van der Waals surface area contributed by atoms with Gasteiger partial charge in [0, 0.05) is 5.56 Å². The molecule has 4 nitrogen and oxygen atoms in total. The van der Waals surface area contributed by atoms with Crippen LogP contribution in [0.15, 0.2) is 42.5 Å². The standard InChI is InChI=1S/C24H30O4/c1-16-10-12-19-20(23(16)27-15-17-8-6-5-7-9-17)13-11-18(22(19)26)14-21(25)28-24(2,3)4/h5-10,12,18,22,26H,11,13-15H2,1-4H3/t18-,22-/m0/s1. The van der Waals surface area contributed by atoms with Gasteiger partial charge < -0.3 is 14.6 Å². The smallest absolute Gasteiger partial charge is 0.306 e. The topological polar surface area (TPSA) is 55.8 Å². The molecule has 2 aromatic rings. The molecule has 0 aromatic heterocycles. The van der Waals surface area contributed by atoms with E-state index >= 15 is 0 Å². The van der Waals surface area contributed by atoms with Crippen molar-refractivity contribution in [3.8, 4) is 5.75 Å². The molecule has 0 saturated heterocycles. The fraction of sp³-hybridized carbons (Fsp3) is 0.458. The van der Waals surface area contributed by atoms with E-state index in [4.69, 9.17) is 9.47 Å². The van der Waals surface area contributed by atoms with Crippen LogP contribution in [0.3, 0.4) is 0 Å². The Labute approximate surface area is 167 Å². The summed E-state index contributed by atoms with van der Waals surface area (Å²) in [6.07, 6.45) is 1.06. The maximum Gasteiger partial charge on any atom is 0.306 e. The van der Waals surface area contributed by atoms with Crippen molar-refractivity contribution in [1.29, 1.82) is 0 Å². The second-order valence-corrected chi connectivity index (χ2v) is 8.59. The molecule has 2 aromatic carbocycles. The molecule has 1 N–H and O–H groups in total. The predicted octanol–water partition coefficient (Wildman–Crippen LogP) is 4.90. The van der Waals surface area contributed by atoms with Crippen molar-refractivity contribution >= 4 is 5.97 Å². The molecular formula is C24H30O4. The summed E-state index contributed by atoms with van der Waals surface area (Å²) in [7, 11) is 0. The number of carbonyl (C=O) groups is 1. The van der Waals surface area contributed by atoms with E-state index < -0.39 is 11.7 Å². The minimum absolute atomic E-state index is 0.132. The SMILES string of the molecule is Cc1ccc2c(c1OCc1ccccc1)CC[C@@H](CC(=O)OC(C)(C)C)[C@@H]2O. The monoisotopic (exact) mass is 382 g/mol. The van der Waals surface area contributed by atoms with E-state index in [-0.39, 0.29) is 18.3 Å². The maximum atomic E-state index is 12.2. The normalized spacial score (nSPS) is 19.0. The molecule has 3 rings (SSSR count). The quantitative estimate of drug-likeness (QED) is 0.747. The Morgan fingerprint density at radius 3 is 2.54 bits per heavy atom. The van der Waals surface area contributed by atoms with E-state index in [1.807, 2.05) is 70.2 Å². The van der Waals surface area contributed by atoms with Crippen molar-refractivity contribution in [1.82, 2.24) is 0 Å². The summed E-state index contributed by atoms with van der Waals surface area (Å²) in [5.74, 6) is 0.468. The van der Waals surface area contributed by atoms with Crippen LogP contribution in [-0.4, -0.2) is 16.7 Å². The Morgan fingerprint density at radius 1 is 1.14 bits per heavy atom. The highest BCUT2D eigenvalue weighted by Crippen LogP contribution is 2.42. The summed E-state index contributed by atoms with van der Waals surface area (Å²) in [6, 6.07) is 14.0. The lowest BCUT2D eigenvalue weighted by Crippen LogP contribution is -2.29. The van der Waals surface area contributed by atoms with Crippen LogP contribution in [0, 0.1) is 12.8 Å². The van der Waals surface area contributed by atoms with Crippen LogP contribution in [0.4, 0.5) is 0 Å². The first kappa shape index (κ1) is 20.4. The van der Waals surface area contributed by atoms with Crippen molar-refractivity contribution in [2.45, 2.75) is 65.3 Å². The number of hydrogen-bond donors (Lipinski definition) is 1. The molecule has 0 aliphatic heterocycles. The minimum atomic E-state index is -0.684. The zero-order valence-electron chi connectivity index (χ0n) is 17.2. The molecule has 1 aliphatic carbocycles. The Balaban J connectivity index is 1.75. The highest BCUT2D eigenvalue weighted by molar-refractivity contribution is 5.70. The van der Waals surface area contributed by atoms with Crippen LogP contribution in [0.25, 0.3) is 0 Å². The molecule has 0 fully saturated rings. The van der Waals surface area contributed by atoms with Gasteiger partial charge in [-0.2, -0.15) is 0 Å². The fourth-order valence-electron chi connectivity index (χ4n) is 3.78. The van der Waals surface area contributed by atoms with E-state index in [2.05, 4.69) is 0 Å². The molecule has 0 amide bonds. The van der Waals surface area contributed by atoms with Crippen molar-refractivity contribution in [3.05, 3.63) is 64.7 Å². The van der Waals surface area contributed by atoms with Gasteiger partial charge >= 0.3 is 5.97 Å². The Morgan fingerprint density at radius 2 is 1.86 bits per heavy atom.